The summed E-state index contributed by atoms with van der Waals surface area (Å²) >= 11 is 0. The predicted molar refractivity (Wildman–Crippen MR) is 98.1 cm³/mol. The number of nitrogen functional groups attached to an aromatic ring is 1. The zero-order valence-electron chi connectivity index (χ0n) is 15.1. The van der Waals surface area contributed by atoms with E-state index >= 15 is 0 Å². The number of rotatable bonds is 4. The minimum atomic E-state index is -0.438. The third-order valence-corrected chi connectivity index (χ3v) is 4.91. The maximum Gasteiger partial charge on any atom is 0.491 e. The van der Waals surface area contributed by atoms with E-state index in [0.29, 0.717) is 12.5 Å². The van der Waals surface area contributed by atoms with Gasteiger partial charge in [0.15, 0.2) is 0 Å². The van der Waals surface area contributed by atoms with Crippen molar-refractivity contribution in [3.63, 3.8) is 0 Å². The van der Waals surface area contributed by atoms with Gasteiger partial charge in [-0.25, -0.2) is 0 Å². The van der Waals surface area contributed by atoms with Gasteiger partial charge in [-0.3, -0.25) is 0 Å². The number of anilines is 1. The Balaban J connectivity index is 2.35. The van der Waals surface area contributed by atoms with E-state index in [9.17, 15) is 0 Å². The molecule has 0 unspecified atom stereocenters. The van der Waals surface area contributed by atoms with Crippen molar-refractivity contribution < 1.29 is 9.31 Å². The lowest BCUT2D eigenvalue weighted by molar-refractivity contribution is 0.00578. The summed E-state index contributed by atoms with van der Waals surface area (Å²) in [5.74, 6) is 0.445. The molecule has 0 spiro atoms. The van der Waals surface area contributed by atoms with Crippen molar-refractivity contribution in [3.05, 3.63) is 34.8 Å². The van der Waals surface area contributed by atoms with Crippen LogP contribution in [0.4, 0.5) is 5.69 Å². The molecular formula is C18H29BN2O2. The summed E-state index contributed by atoms with van der Waals surface area (Å²) in [6.45, 7) is 12.8. The maximum atomic E-state index is 6.13. The van der Waals surface area contributed by atoms with Crippen molar-refractivity contribution in [1.82, 2.24) is 0 Å². The molecule has 1 aromatic rings. The highest BCUT2D eigenvalue weighted by molar-refractivity contribution is 6.56. The quantitative estimate of drug-likeness (QED) is 0.660. The van der Waals surface area contributed by atoms with Crippen LogP contribution in [0.2, 0.25) is 0 Å². The molecule has 1 aliphatic heterocycles. The van der Waals surface area contributed by atoms with Crippen molar-refractivity contribution in [1.29, 1.82) is 0 Å². The number of hydrogen-bond acceptors (Lipinski definition) is 4. The van der Waals surface area contributed by atoms with E-state index in [1.807, 2.05) is 39.8 Å². The predicted octanol–water partition coefficient (Wildman–Crippen LogP) is 3.37. The van der Waals surface area contributed by atoms with E-state index in [0.717, 1.165) is 16.7 Å². The van der Waals surface area contributed by atoms with Crippen molar-refractivity contribution in [3.8, 4) is 0 Å². The molecule has 1 aromatic carbocycles. The molecule has 1 aliphatic rings. The summed E-state index contributed by atoms with van der Waals surface area (Å²) in [5.41, 5.74) is 15.2. The summed E-state index contributed by atoms with van der Waals surface area (Å²) in [6.07, 6.45) is 2.00. The van der Waals surface area contributed by atoms with Crippen LogP contribution < -0.4 is 11.5 Å². The van der Waals surface area contributed by atoms with Crippen molar-refractivity contribution in [2.45, 2.75) is 58.7 Å². The lowest BCUT2D eigenvalue weighted by Gasteiger charge is -2.32. The Morgan fingerprint density at radius 1 is 1.17 bits per heavy atom. The van der Waals surface area contributed by atoms with Crippen LogP contribution >= 0.6 is 0 Å². The minimum Gasteiger partial charge on any atom is -0.400 e. The highest BCUT2D eigenvalue weighted by Gasteiger charge is 2.52. The molecule has 0 amide bonds. The second-order valence-electron chi connectivity index (χ2n) is 7.55. The zero-order valence-corrected chi connectivity index (χ0v) is 15.1. The highest BCUT2D eigenvalue weighted by Crippen LogP contribution is 2.38. The van der Waals surface area contributed by atoms with Crippen LogP contribution in [0.1, 0.15) is 58.6 Å². The van der Waals surface area contributed by atoms with Gasteiger partial charge in [-0.2, -0.15) is 0 Å². The van der Waals surface area contributed by atoms with E-state index in [1.54, 1.807) is 0 Å². The molecule has 1 fully saturated rings. The first-order valence-electron chi connectivity index (χ1n) is 8.23. The summed E-state index contributed by atoms with van der Waals surface area (Å²) in [4.78, 5) is 0. The summed E-state index contributed by atoms with van der Waals surface area (Å²) < 4.78 is 12.2. The van der Waals surface area contributed by atoms with Crippen LogP contribution in [0.15, 0.2) is 23.7 Å². The topological polar surface area (TPSA) is 70.5 Å². The van der Waals surface area contributed by atoms with Gasteiger partial charge in [0.1, 0.15) is 0 Å². The Hall–Kier alpha value is -1.30. The third-order valence-electron chi connectivity index (χ3n) is 4.91. The molecule has 4 nitrogen and oxygen atoms in total. The molecule has 4 N–H and O–H groups in total. The molecule has 5 heteroatoms. The second kappa shape index (κ2) is 6.31. The molecule has 0 aromatic heterocycles. The van der Waals surface area contributed by atoms with Gasteiger partial charge in [-0.05, 0) is 62.3 Å². The SMILES string of the molecule is CC(C)c1ccc(N)c(C=C(CN)B2OC(C)(C)C(C)(C)O2)c1. The zero-order chi connectivity index (χ0) is 17.4. The first-order chi connectivity index (χ1) is 10.6. The van der Waals surface area contributed by atoms with Gasteiger partial charge in [0.25, 0.3) is 0 Å². The van der Waals surface area contributed by atoms with E-state index in [2.05, 4.69) is 26.0 Å². The highest BCUT2D eigenvalue weighted by atomic mass is 16.7. The molecule has 126 valence electrons. The molecule has 0 radical (unpaired) electrons. The van der Waals surface area contributed by atoms with Crippen LogP contribution in [0.5, 0.6) is 0 Å². The van der Waals surface area contributed by atoms with Gasteiger partial charge in [-0.1, -0.05) is 26.0 Å². The van der Waals surface area contributed by atoms with Crippen molar-refractivity contribution >= 4 is 18.9 Å². The second-order valence-corrected chi connectivity index (χ2v) is 7.55. The monoisotopic (exact) mass is 316 g/mol. The Morgan fingerprint density at radius 3 is 2.22 bits per heavy atom. The first-order valence-corrected chi connectivity index (χ1v) is 8.23. The van der Waals surface area contributed by atoms with Gasteiger partial charge in [0.05, 0.1) is 11.2 Å². The molecule has 0 aliphatic carbocycles. The van der Waals surface area contributed by atoms with Crippen molar-refractivity contribution in [2.75, 3.05) is 12.3 Å². The van der Waals surface area contributed by atoms with Gasteiger partial charge in [-0.15, -0.1) is 0 Å². The standard InChI is InChI=1S/C18H29BN2O2/c1-12(2)13-7-8-16(21)14(9-13)10-15(11-20)19-22-17(3,4)18(5,6)23-19/h7-10,12H,11,20-21H2,1-6H3. The summed E-state index contributed by atoms with van der Waals surface area (Å²) in [6, 6.07) is 6.12. The number of benzene rings is 1. The lowest BCUT2D eigenvalue weighted by Crippen LogP contribution is -2.41. The minimum absolute atomic E-state index is 0.363. The van der Waals surface area contributed by atoms with E-state index in [1.165, 1.54) is 5.56 Å². The molecule has 2 rings (SSSR count). The van der Waals surface area contributed by atoms with E-state index in [4.69, 9.17) is 20.8 Å². The van der Waals surface area contributed by atoms with Gasteiger partial charge < -0.3 is 20.8 Å². The van der Waals surface area contributed by atoms with Crippen LogP contribution in [0, 0.1) is 0 Å². The molecule has 23 heavy (non-hydrogen) atoms. The first kappa shape index (κ1) is 18.0. The van der Waals surface area contributed by atoms with Gasteiger partial charge in [0, 0.05) is 12.2 Å². The summed E-state index contributed by atoms with van der Waals surface area (Å²) in [7, 11) is -0.438. The Kier molecular flexibility index (Phi) is 4.95. The fourth-order valence-corrected chi connectivity index (χ4v) is 2.49. The fourth-order valence-electron chi connectivity index (χ4n) is 2.49. The third kappa shape index (κ3) is 3.62. The Bertz CT molecular complexity index is 593. The smallest absolute Gasteiger partial charge is 0.400 e. The molecule has 0 bridgehead atoms. The molecule has 0 atom stereocenters. The van der Waals surface area contributed by atoms with Crippen LogP contribution in [0.3, 0.4) is 0 Å². The van der Waals surface area contributed by atoms with Crippen LogP contribution in [-0.2, 0) is 9.31 Å². The molecule has 1 saturated heterocycles. The Labute approximate surface area is 140 Å². The average Bonchev–Trinajstić information content (AvgIpc) is 2.66. The average molecular weight is 316 g/mol. The normalized spacial score (nSPS) is 20.3. The van der Waals surface area contributed by atoms with Crippen molar-refractivity contribution in [2.24, 2.45) is 5.73 Å². The van der Waals surface area contributed by atoms with Gasteiger partial charge >= 0.3 is 7.12 Å². The fraction of sp³-hybridized carbons (Fsp3) is 0.556. The van der Waals surface area contributed by atoms with Crippen LogP contribution in [-0.4, -0.2) is 24.9 Å². The number of hydrogen-bond donors (Lipinski definition) is 2. The Morgan fingerprint density at radius 2 is 1.74 bits per heavy atom. The van der Waals surface area contributed by atoms with E-state index < -0.39 is 7.12 Å². The van der Waals surface area contributed by atoms with Crippen LogP contribution in [0.25, 0.3) is 6.08 Å². The molecule has 1 heterocycles. The largest absolute Gasteiger partial charge is 0.491 e. The molecule has 0 saturated carbocycles. The van der Waals surface area contributed by atoms with Gasteiger partial charge in [0.2, 0.25) is 0 Å². The lowest BCUT2D eigenvalue weighted by atomic mass is 9.77. The molecular weight excluding hydrogens is 287 g/mol. The summed E-state index contributed by atoms with van der Waals surface area (Å²) in [5, 5.41) is 0. The maximum absolute atomic E-state index is 6.13. The van der Waals surface area contributed by atoms with E-state index in [-0.39, 0.29) is 11.2 Å². The number of nitrogens with two attached hydrogens (primary N) is 2.